The summed E-state index contributed by atoms with van der Waals surface area (Å²) < 4.78 is 5.32. The van der Waals surface area contributed by atoms with Gasteiger partial charge in [0.15, 0.2) is 0 Å². The maximum absolute atomic E-state index is 12.1. The molecule has 1 N–H and O–H groups in total. The van der Waals surface area contributed by atoms with E-state index in [-0.39, 0.29) is 11.6 Å². The van der Waals surface area contributed by atoms with Gasteiger partial charge in [0.05, 0.1) is 5.54 Å². The molecule has 3 heteroatoms. The van der Waals surface area contributed by atoms with E-state index in [9.17, 15) is 4.79 Å². The Morgan fingerprint density at radius 2 is 1.86 bits per heavy atom. The Bertz CT molecular complexity index is 639. The number of fused-ring (bicyclic) bond motifs is 1. The zero-order valence-corrected chi connectivity index (χ0v) is 12.1. The van der Waals surface area contributed by atoms with Gasteiger partial charge in [-0.15, -0.1) is 0 Å². The van der Waals surface area contributed by atoms with Crippen molar-refractivity contribution in [2.45, 2.75) is 31.9 Å². The van der Waals surface area contributed by atoms with Crippen LogP contribution in [-0.4, -0.2) is 6.09 Å². The molecule has 108 valence electrons. The minimum absolute atomic E-state index is 0.296. The van der Waals surface area contributed by atoms with E-state index in [1.54, 1.807) is 0 Å². The van der Waals surface area contributed by atoms with Gasteiger partial charge in [-0.3, -0.25) is 0 Å². The first-order valence-corrected chi connectivity index (χ1v) is 7.25. The number of hydrogen-bond acceptors (Lipinski definition) is 2. The lowest BCUT2D eigenvalue weighted by Crippen LogP contribution is -2.42. The quantitative estimate of drug-likeness (QED) is 0.930. The Morgan fingerprint density at radius 1 is 1.14 bits per heavy atom. The number of hydrogen-bond donors (Lipinski definition) is 1. The molecule has 0 radical (unpaired) electrons. The van der Waals surface area contributed by atoms with Gasteiger partial charge in [-0.05, 0) is 36.5 Å². The van der Waals surface area contributed by atoms with Gasteiger partial charge in [-0.25, -0.2) is 4.79 Å². The highest BCUT2D eigenvalue weighted by Crippen LogP contribution is 2.36. The molecule has 2 aromatic carbocycles. The van der Waals surface area contributed by atoms with Gasteiger partial charge < -0.3 is 10.1 Å². The maximum atomic E-state index is 12.1. The first-order valence-electron chi connectivity index (χ1n) is 7.25. The van der Waals surface area contributed by atoms with Crippen molar-refractivity contribution in [2.75, 3.05) is 0 Å². The van der Waals surface area contributed by atoms with Crippen molar-refractivity contribution in [3.8, 4) is 0 Å². The van der Waals surface area contributed by atoms with Crippen molar-refractivity contribution in [3.05, 3.63) is 71.3 Å². The van der Waals surface area contributed by atoms with Gasteiger partial charge in [0.2, 0.25) is 0 Å². The molecule has 0 fully saturated rings. The Labute approximate surface area is 124 Å². The second-order valence-electron chi connectivity index (χ2n) is 5.68. The summed E-state index contributed by atoms with van der Waals surface area (Å²) in [5, 5.41) is 3.02. The summed E-state index contributed by atoms with van der Waals surface area (Å²) in [7, 11) is 0. The van der Waals surface area contributed by atoms with E-state index in [0.717, 1.165) is 18.4 Å². The molecule has 0 saturated carbocycles. The first kappa shape index (κ1) is 13.7. The van der Waals surface area contributed by atoms with E-state index in [4.69, 9.17) is 4.74 Å². The van der Waals surface area contributed by atoms with Gasteiger partial charge in [-0.2, -0.15) is 0 Å². The lowest BCUT2D eigenvalue weighted by Gasteiger charge is -2.26. The normalized spacial score (nSPS) is 19.9. The van der Waals surface area contributed by atoms with Gasteiger partial charge in [0, 0.05) is 0 Å². The van der Waals surface area contributed by atoms with Crippen LogP contribution in [0.5, 0.6) is 0 Å². The van der Waals surface area contributed by atoms with E-state index in [1.807, 2.05) is 42.5 Å². The van der Waals surface area contributed by atoms with Gasteiger partial charge >= 0.3 is 6.09 Å². The van der Waals surface area contributed by atoms with Gasteiger partial charge in [-0.1, -0.05) is 54.6 Å². The van der Waals surface area contributed by atoms with Crippen LogP contribution in [0.25, 0.3) is 0 Å². The molecule has 1 aliphatic rings. The predicted molar refractivity (Wildman–Crippen MR) is 81.9 cm³/mol. The minimum atomic E-state index is -0.363. The minimum Gasteiger partial charge on any atom is -0.445 e. The third-order valence-electron chi connectivity index (χ3n) is 4.10. The Morgan fingerprint density at radius 3 is 2.67 bits per heavy atom. The van der Waals surface area contributed by atoms with Crippen LogP contribution in [0.1, 0.15) is 30.0 Å². The van der Waals surface area contributed by atoms with Crippen LogP contribution in [0.3, 0.4) is 0 Å². The van der Waals surface area contributed by atoms with Crippen molar-refractivity contribution in [3.63, 3.8) is 0 Å². The van der Waals surface area contributed by atoms with Crippen LogP contribution in [0.15, 0.2) is 54.6 Å². The monoisotopic (exact) mass is 281 g/mol. The van der Waals surface area contributed by atoms with Crippen LogP contribution in [0.2, 0.25) is 0 Å². The van der Waals surface area contributed by atoms with Crippen molar-refractivity contribution < 1.29 is 9.53 Å². The average Bonchev–Trinajstić information content (AvgIpc) is 2.84. The molecule has 1 amide bonds. The fourth-order valence-electron chi connectivity index (χ4n) is 2.91. The molecule has 0 heterocycles. The highest BCUT2D eigenvalue weighted by Gasteiger charge is 2.35. The number of aryl methyl sites for hydroxylation is 1. The largest absolute Gasteiger partial charge is 0.445 e. The van der Waals surface area contributed by atoms with Crippen LogP contribution in [-0.2, 0) is 23.3 Å². The molecule has 3 rings (SSSR count). The Hall–Kier alpha value is -2.29. The number of carbonyl (C=O) groups excluding carboxylic acids is 1. The third kappa shape index (κ3) is 2.92. The lowest BCUT2D eigenvalue weighted by molar-refractivity contribution is 0.127. The number of amides is 1. The molecule has 0 aliphatic heterocycles. The van der Waals surface area contributed by atoms with Crippen LogP contribution in [0.4, 0.5) is 4.79 Å². The topological polar surface area (TPSA) is 38.3 Å². The molecule has 0 aromatic heterocycles. The van der Waals surface area contributed by atoms with E-state index in [2.05, 4.69) is 24.4 Å². The Kier molecular flexibility index (Phi) is 3.65. The lowest BCUT2D eigenvalue weighted by atomic mass is 9.94. The van der Waals surface area contributed by atoms with Crippen LogP contribution in [0, 0.1) is 0 Å². The molecule has 1 aliphatic carbocycles. The van der Waals surface area contributed by atoms with E-state index >= 15 is 0 Å². The second kappa shape index (κ2) is 5.60. The molecule has 1 unspecified atom stereocenters. The summed E-state index contributed by atoms with van der Waals surface area (Å²) in [6, 6.07) is 18.0. The molecule has 0 spiro atoms. The smallest absolute Gasteiger partial charge is 0.408 e. The highest BCUT2D eigenvalue weighted by atomic mass is 16.5. The average molecular weight is 281 g/mol. The summed E-state index contributed by atoms with van der Waals surface area (Å²) in [6.07, 6.45) is 1.54. The van der Waals surface area contributed by atoms with Crippen molar-refractivity contribution in [1.29, 1.82) is 0 Å². The van der Waals surface area contributed by atoms with Crippen LogP contribution >= 0.6 is 0 Å². The zero-order chi connectivity index (χ0) is 14.7. The number of rotatable bonds is 3. The number of benzene rings is 2. The number of nitrogens with one attached hydrogen (secondary N) is 1. The fourth-order valence-corrected chi connectivity index (χ4v) is 2.91. The van der Waals surface area contributed by atoms with Gasteiger partial charge in [0.1, 0.15) is 6.61 Å². The summed E-state index contributed by atoms with van der Waals surface area (Å²) in [5.41, 5.74) is 3.17. The fraction of sp³-hybridized carbons (Fsp3) is 0.278. The first-order chi connectivity index (χ1) is 10.2. The molecule has 3 nitrogen and oxygen atoms in total. The Balaban J connectivity index is 1.63. The molecule has 2 aromatic rings. The zero-order valence-electron chi connectivity index (χ0n) is 12.1. The molecule has 21 heavy (non-hydrogen) atoms. The van der Waals surface area contributed by atoms with Crippen molar-refractivity contribution in [1.82, 2.24) is 5.32 Å². The van der Waals surface area contributed by atoms with Gasteiger partial charge in [0.25, 0.3) is 0 Å². The number of alkyl carbamates (subject to hydrolysis) is 1. The SMILES string of the molecule is CC1(NC(=O)OCc2ccccc2)CCc2ccccc21. The van der Waals surface area contributed by atoms with Crippen LogP contribution < -0.4 is 5.32 Å². The summed E-state index contributed by atoms with van der Waals surface area (Å²) >= 11 is 0. The van der Waals surface area contributed by atoms with Crippen molar-refractivity contribution in [2.24, 2.45) is 0 Å². The predicted octanol–water partition coefficient (Wildman–Crippen LogP) is 3.77. The molecular weight excluding hydrogens is 262 g/mol. The summed E-state index contributed by atoms with van der Waals surface area (Å²) in [4.78, 5) is 12.1. The molecule has 1 atom stereocenters. The van der Waals surface area contributed by atoms with E-state index in [0.29, 0.717) is 6.61 Å². The number of ether oxygens (including phenoxy) is 1. The third-order valence-corrected chi connectivity index (χ3v) is 4.10. The molecular formula is C18H19NO2. The van der Waals surface area contributed by atoms with Crippen molar-refractivity contribution >= 4 is 6.09 Å². The summed E-state index contributed by atoms with van der Waals surface area (Å²) in [6.45, 7) is 2.35. The van der Waals surface area contributed by atoms with E-state index < -0.39 is 0 Å². The van der Waals surface area contributed by atoms with E-state index in [1.165, 1.54) is 11.1 Å². The standard InChI is InChI=1S/C18H19NO2/c1-18(12-11-15-9-5-6-10-16(15)18)19-17(20)21-13-14-7-3-2-4-8-14/h2-10H,11-13H2,1H3,(H,19,20). The maximum Gasteiger partial charge on any atom is 0.408 e. The molecule has 0 bridgehead atoms. The number of carbonyl (C=O) groups is 1. The second-order valence-corrected chi connectivity index (χ2v) is 5.68. The summed E-state index contributed by atoms with van der Waals surface area (Å²) in [5.74, 6) is 0. The highest BCUT2D eigenvalue weighted by molar-refractivity contribution is 5.69. The molecule has 0 saturated heterocycles.